The molecule has 2 bridgehead atoms. The normalized spacial score (nSPS) is 30.8. The van der Waals surface area contributed by atoms with Gasteiger partial charge >= 0.3 is 0 Å². The Morgan fingerprint density at radius 2 is 1.79 bits per heavy atom. The summed E-state index contributed by atoms with van der Waals surface area (Å²) >= 11 is 0. The number of aromatic nitrogens is 1. The van der Waals surface area contributed by atoms with Gasteiger partial charge in [-0.2, -0.15) is 0 Å². The van der Waals surface area contributed by atoms with Gasteiger partial charge in [0.25, 0.3) is 0 Å². The van der Waals surface area contributed by atoms with Gasteiger partial charge in [0, 0.05) is 51.5 Å². The number of nitrogens with zero attached hydrogens (tertiary/aromatic N) is 3. The zero-order chi connectivity index (χ0) is 22.8. The molecule has 1 aromatic carbocycles. The van der Waals surface area contributed by atoms with Gasteiger partial charge < -0.3 is 19.5 Å². The zero-order valence-electron chi connectivity index (χ0n) is 19.5. The summed E-state index contributed by atoms with van der Waals surface area (Å²) in [6.45, 7) is 4.29. The van der Waals surface area contributed by atoms with Crippen LogP contribution in [0.2, 0.25) is 0 Å². The van der Waals surface area contributed by atoms with E-state index in [4.69, 9.17) is 14.5 Å². The van der Waals surface area contributed by atoms with Crippen LogP contribution in [0.1, 0.15) is 29.5 Å². The molecule has 1 N–H and O–H groups in total. The lowest BCUT2D eigenvalue weighted by molar-refractivity contribution is -0.0713. The van der Waals surface area contributed by atoms with Crippen molar-refractivity contribution in [1.29, 1.82) is 0 Å². The molecule has 6 heteroatoms. The van der Waals surface area contributed by atoms with E-state index in [-0.39, 0.29) is 18.1 Å². The second kappa shape index (κ2) is 9.44. The Bertz CT molecular complexity index is 1010. The van der Waals surface area contributed by atoms with E-state index in [0.717, 1.165) is 62.4 Å². The van der Waals surface area contributed by atoms with Gasteiger partial charge in [0.05, 0.1) is 0 Å². The van der Waals surface area contributed by atoms with Gasteiger partial charge in [-0.25, -0.2) is 4.98 Å². The number of rotatable bonds is 5. The molecule has 0 aliphatic carbocycles. The summed E-state index contributed by atoms with van der Waals surface area (Å²) in [5.41, 5.74) is 2.31. The molecule has 6 nitrogen and oxygen atoms in total. The number of fused-ring (bicyclic) bond motifs is 3. The van der Waals surface area contributed by atoms with Crippen LogP contribution in [-0.4, -0.2) is 79.7 Å². The fraction of sp³-hybridized carbons (Fsp3) is 0.519. The lowest BCUT2D eigenvalue weighted by Crippen LogP contribution is -2.58. The maximum Gasteiger partial charge on any atom is 0.141 e. The number of piperidine rings is 3. The molecule has 4 fully saturated rings. The van der Waals surface area contributed by atoms with Gasteiger partial charge in [-0.3, -0.25) is 4.90 Å². The van der Waals surface area contributed by atoms with Crippen molar-refractivity contribution in [3.8, 4) is 11.8 Å². The second-order valence-corrected chi connectivity index (χ2v) is 9.54. The van der Waals surface area contributed by atoms with Gasteiger partial charge in [0.15, 0.2) is 0 Å². The van der Waals surface area contributed by atoms with Gasteiger partial charge in [0.2, 0.25) is 0 Å². The van der Waals surface area contributed by atoms with Crippen molar-refractivity contribution in [3.63, 3.8) is 0 Å². The predicted octanol–water partition coefficient (Wildman–Crippen LogP) is 2.33. The van der Waals surface area contributed by atoms with Gasteiger partial charge in [0.1, 0.15) is 23.6 Å². The van der Waals surface area contributed by atoms with Gasteiger partial charge in [-0.15, -0.1) is 0 Å². The van der Waals surface area contributed by atoms with E-state index in [9.17, 15) is 5.11 Å². The summed E-state index contributed by atoms with van der Waals surface area (Å²) in [5.74, 6) is 7.77. The number of aliphatic hydroxyl groups is 1. The Kier molecular flexibility index (Phi) is 6.40. The quantitative estimate of drug-likeness (QED) is 0.710. The minimum Gasteiger partial charge on any atom is -0.377 e. The number of hydrogen-bond acceptors (Lipinski definition) is 6. The van der Waals surface area contributed by atoms with Gasteiger partial charge in [-0.05, 0) is 49.5 Å². The zero-order valence-corrected chi connectivity index (χ0v) is 19.5. The molecule has 4 aliphatic heterocycles. The predicted molar refractivity (Wildman–Crippen MR) is 128 cm³/mol. The van der Waals surface area contributed by atoms with Crippen LogP contribution in [0.15, 0.2) is 42.6 Å². The third kappa shape index (κ3) is 4.64. The van der Waals surface area contributed by atoms with Crippen LogP contribution in [0.5, 0.6) is 0 Å². The first-order valence-corrected chi connectivity index (χ1v) is 11.9. The van der Waals surface area contributed by atoms with Crippen molar-refractivity contribution in [2.75, 3.05) is 51.8 Å². The number of anilines is 1. The van der Waals surface area contributed by atoms with Crippen molar-refractivity contribution in [2.45, 2.75) is 37.1 Å². The van der Waals surface area contributed by atoms with Gasteiger partial charge in [-0.1, -0.05) is 42.2 Å². The van der Waals surface area contributed by atoms with Crippen molar-refractivity contribution in [3.05, 3.63) is 59.3 Å². The number of methoxy groups -OCH3 is 2. The third-order valence-electron chi connectivity index (χ3n) is 7.50. The first-order valence-electron chi connectivity index (χ1n) is 11.9. The molecule has 0 spiro atoms. The minimum atomic E-state index is -0.925. The van der Waals surface area contributed by atoms with Crippen LogP contribution in [-0.2, 0) is 15.9 Å². The Balaban J connectivity index is 1.45. The summed E-state index contributed by atoms with van der Waals surface area (Å²) in [6.07, 6.45) is 4.74. The highest BCUT2D eigenvalue weighted by Crippen LogP contribution is 2.35. The van der Waals surface area contributed by atoms with E-state index < -0.39 is 5.60 Å². The maximum absolute atomic E-state index is 11.3. The molecule has 33 heavy (non-hydrogen) atoms. The number of pyridine rings is 1. The smallest absolute Gasteiger partial charge is 0.141 e. The van der Waals surface area contributed by atoms with E-state index in [1.807, 2.05) is 12.3 Å². The number of ether oxygens (including phenoxy) is 2. The van der Waals surface area contributed by atoms with E-state index >= 15 is 0 Å². The summed E-state index contributed by atoms with van der Waals surface area (Å²) < 4.78 is 11.2. The molecule has 6 rings (SSSR count). The maximum atomic E-state index is 11.3. The Hall–Kier alpha value is -2.43. The van der Waals surface area contributed by atoms with Crippen LogP contribution in [0, 0.1) is 17.8 Å². The molecule has 4 saturated heterocycles. The Morgan fingerprint density at radius 1 is 1.09 bits per heavy atom. The molecule has 2 aromatic rings. The Labute approximate surface area is 196 Å². The fourth-order valence-electron chi connectivity index (χ4n) is 5.47. The molecule has 5 heterocycles. The summed E-state index contributed by atoms with van der Waals surface area (Å²) in [7, 11) is 3.46. The lowest BCUT2D eigenvalue weighted by atomic mass is 9.75. The molecule has 0 radical (unpaired) electrons. The summed E-state index contributed by atoms with van der Waals surface area (Å²) in [5, 5.41) is 11.3. The first kappa shape index (κ1) is 22.4. The topological polar surface area (TPSA) is 58.1 Å². The molecular formula is C27H33N3O3. The molecule has 4 aliphatic rings. The molecular weight excluding hydrogens is 414 g/mol. The number of hydrogen-bond donors (Lipinski definition) is 1. The van der Waals surface area contributed by atoms with Crippen molar-refractivity contribution in [1.82, 2.24) is 9.88 Å². The lowest BCUT2D eigenvalue weighted by Gasteiger charge is -2.47. The monoisotopic (exact) mass is 447 g/mol. The van der Waals surface area contributed by atoms with E-state index in [2.05, 4.69) is 52.0 Å². The van der Waals surface area contributed by atoms with Crippen molar-refractivity contribution < 1.29 is 14.6 Å². The minimum absolute atomic E-state index is 0.0276. The third-order valence-corrected chi connectivity index (χ3v) is 7.50. The number of benzene rings is 1. The average Bonchev–Trinajstić information content (AvgIpc) is 3.28. The van der Waals surface area contributed by atoms with E-state index in [1.165, 1.54) is 5.56 Å². The second-order valence-electron chi connectivity index (χ2n) is 9.54. The van der Waals surface area contributed by atoms with E-state index in [0.29, 0.717) is 6.54 Å². The van der Waals surface area contributed by atoms with Crippen LogP contribution in [0.4, 0.5) is 5.82 Å². The summed E-state index contributed by atoms with van der Waals surface area (Å²) in [4.78, 5) is 9.30. The molecule has 3 atom stereocenters. The molecule has 1 aromatic heterocycles. The van der Waals surface area contributed by atoms with E-state index in [1.54, 1.807) is 14.2 Å². The van der Waals surface area contributed by atoms with Crippen LogP contribution >= 0.6 is 0 Å². The summed E-state index contributed by atoms with van der Waals surface area (Å²) in [6, 6.07) is 12.6. The highest BCUT2D eigenvalue weighted by Gasteiger charge is 2.44. The highest BCUT2D eigenvalue weighted by atomic mass is 16.5. The molecule has 0 amide bonds. The molecule has 174 valence electrons. The Morgan fingerprint density at radius 3 is 2.39 bits per heavy atom. The molecule has 0 saturated carbocycles. The van der Waals surface area contributed by atoms with Crippen molar-refractivity contribution >= 4 is 5.82 Å². The van der Waals surface area contributed by atoms with Crippen LogP contribution in [0.25, 0.3) is 0 Å². The largest absolute Gasteiger partial charge is 0.377 e. The van der Waals surface area contributed by atoms with Crippen molar-refractivity contribution in [2.24, 2.45) is 5.92 Å². The standard InChI is InChI=1S/C27H33N3O3/c1-32-24-17-30(18-25(24)33-2)26-15-22(14-20-6-4-3-5-7-20)21(16-28-26)8-11-27(31)19-29-12-9-23(27)10-13-29/h3-7,15-16,23-25,31H,9-10,12-14,17-19H2,1-2H3/t24-,25-,27-/m1/s1. The fourth-order valence-corrected chi connectivity index (χ4v) is 5.47. The average molecular weight is 448 g/mol. The highest BCUT2D eigenvalue weighted by molar-refractivity contribution is 5.52. The van der Waals surface area contributed by atoms with Crippen LogP contribution in [0.3, 0.4) is 0 Å². The first-order chi connectivity index (χ1) is 16.1. The molecule has 0 unspecified atom stereocenters. The SMILES string of the molecule is CO[C@@H]1CN(c2cc(Cc3ccccc3)c(C#C[C@@]3(O)CN4CCC3CC4)cn2)C[C@H]1OC. The van der Waals surface area contributed by atoms with Crippen LogP contribution < -0.4 is 4.90 Å².